The van der Waals surface area contributed by atoms with Crippen molar-refractivity contribution >= 4 is 5.71 Å². The van der Waals surface area contributed by atoms with Gasteiger partial charge in [-0.2, -0.15) is 5.10 Å². The summed E-state index contributed by atoms with van der Waals surface area (Å²) >= 11 is 0. The van der Waals surface area contributed by atoms with Crippen molar-refractivity contribution < 1.29 is 4.74 Å². The molecule has 0 bridgehead atoms. The third-order valence-electron chi connectivity index (χ3n) is 4.56. The molecule has 3 rings (SSSR count). The quantitative estimate of drug-likeness (QED) is 0.908. The van der Waals surface area contributed by atoms with Crippen LogP contribution in [-0.4, -0.2) is 36.9 Å². The number of rotatable bonds is 5. The number of ether oxygens (including phenoxy) is 1. The predicted molar refractivity (Wildman–Crippen MR) is 90.3 cm³/mol. The van der Waals surface area contributed by atoms with Crippen LogP contribution in [0.2, 0.25) is 0 Å². The van der Waals surface area contributed by atoms with Gasteiger partial charge in [0.2, 0.25) is 0 Å². The molecule has 22 heavy (non-hydrogen) atoms. The van der Waals surface area contributed by atoms with E-state index in [9.17, 15) is 0 Å². The Hall–Kier alpha value is -1.55. The van der Waals surface area contributed by atoms with Crippen LogP contribution in [-0.2, 0) is 0 Å². The van der Waals surface area contributed by atoms with Gasteiger partial charge in [-0.3, -0.25) is 0 Å². The lowest BCUT2D eigenvalue weighted by atomic mass is 9.86. The number of piperidine rings is 1. The van der Waals surface area contributed by atoms with Crippen molar-refractivity contribution in [3.8, 4) is 5.75 Å². The first kappa shape index (κ1) is 15.3. The van der Waals surface area contributed by atoms with Crippen LogP contribution in [0.4, 0.5) is 0 Å². The molecule has 2 atom stereocenters. The molecular formula is C18H27N3O. The highest BCUT2D eigenvalue weighted by Crippen LogP contribution is 2.33. The maximum Gasteiger partial charge on any atom is 0.119 e. The van der Waals surface area contributed by atoms with Crippen LogP contribution in [0.5, 0.6) is 5.75 Å². The van der Waals surface area contributed by atoms with E-state index in [0.717, 1.165) is 38.4 Å². The minimum atomic E-state index is 0.284. The maximum absolute atomic E-state index is 5.87. The molecule has 0 spiro atoms. The highest BCUT2D eigenvalue weighted by molar-refractivity contribution is 5.89. The predicted octanol–water partition coefficient (Wildman–Crippen LogP) is 3.06. The van der Waals surface area contributed by atoms with Gasteiger partial charge in [0.25, 0.3) is 0 Å². The summed E-state index contributed by atoms with van der Waals surface area (Å²) in [5, 5.41) is 4.59. The molecule has 1 aromatic rings. The Morgan fingerprint density at radius 2 is 2.27 bits per heavy atom. The minimum absolute atomic E-state index is 0.284. The van der Waals surface area contributed by atoms with Gasteiger partial charge in [0.1, 0.15) is 5.75 Å². The highest BCUT2D eigenvalue weighted by atomic mass is 16.5. The molecule has 2 aliphatic rings. The molecule has 1 aromatic carbocycles. The first-order chi connectivity index (χ1) is 10.7. The molecule has 1 N–H and O–H groups in total. The smallest absolute Gasteiger partial charge is 0.119 e. The van der Waals surface area contributed by atoms with Gasteiger partial charge in [0.05, 0.1) is 12.6 Å². The molecule has 1 fully saturated rings. The molecule has 2 heterocycles. The summed E-state index contributed by atoms with van der Waals surface area (Å²) in [6, 6.07) is 8.77. The largest absolute Gasteiger partial charge is 0.493 e. The van der Waals surface area contributed by atoms with E-state index in [1.54, 1.807) is 0 Å². The minimum Gasteiger partial charge on any atom is -0.493 e. The number of benzene rings is 1. The molecule has 1 saturated heterocycles. The monoisotopic (exact) mass is 301 g/mol. The summed E-state index contributed by atoms with van der Waals surface area (Å²) in [5.74, 6) is 2.00. The van der Waals surface area contributed by atoms with E-state index in [2.05, 4.69) is 54.4 Å². The lowest BCUT2D eigenvalue weighted by Crippen LogP contribution is -2.41. The molecule has 4 heteroatoms. The Labute approximate surface area is 133 Å². The first-order valence-electron chi connectivity index (χ1n) is 8.44. The van der Waals surface area contributed by atoms with Crippen molar-refractivity contribution in [1.82, 2.24) is 10.3 Å². The number of likely N-dealkylation sites (tertiary alicyclic amines) is 1. The van der Waals surface area contributed by atoms with Crippen LogP contribution < -0.4 is 10.2 Å². The summed E-state index contributed by atoms with van der Waals surface area (Å²) in [4.78, 5) is 2.52. The zero-order valence-electron chi connectivity index (χ0n) is 13.9. The molecule has 0 aromatic heterocycles. The highest BCUT2D eigenvalue weighted by Gasteiger charge is 2.36. The van der Waals surface area contributed by atoms with Gasteiger partial charge in [-0.05, 0) is 30.2 Å². The fourth-order valence-corrected chi connectivity index (χ4v) is 3.27. The Kier molecular flexibility index (Phi) is 4.67. The van der Waals surface area contributed by atoms with Gasteiger partial charge in [0, 0.05) is 31.1 Å². The molecular weight excluding hydrogens is 274 g/mol. The molecule has 0 amide bonds. The standard InChI is InChI=1S/C18H27N3O/c1-4-21-9-8-17-16(11-21)18(20-19-17)14-6-5-7-15(10-14)22-12-13(2)3/h5-7,10,13,16,18,20H,4,8-9,11-12H2,1-3H3. The molecule has 0 saturated carbocycles. The van der Waals surface area contributed by atoms with Crippen LogP contribution in [0.25, 0.3) is 0 Å². The number of hydrogen-bond acceptors (Lipinski definition) is 4. The van der Waals surface area contributed by atoms with E-state index >= 15 is 0 Å². The molecule has 120 valence electrons. The number of hydrazone groups is 1. The van der Waals surface area contributed by atoms with Gasteiger partial charge >= 0.3 is 0 Å². The average molecular weight is 301 g/mol. The van der Waals surface area contributed by atoms with E-state index in [4.69, 9.17) is 4.74 Å². The number of hydrogen-bond donors (Lipinski definition) is 1. The van der Waals surface area contributed by atoms with Crippen molar-refractivity contribution in [2.24, 2.45) is 16.9 Å². The summed E-state index contributed by atoms with van der Waals surface area (Å²) in [5.41, 5.74) is 5.97. The van der Waals surface area contributed by atoms with Crippen molar-refractivity contribution in [3.63, 3.8) is 0 Å². The van der Waals surface area contributed by atoms with Crippen LogP contribution in [0.1, 0.15) is 38.8 Å². The zero-order chi connectivity index (χ0) is 15.5. The second-order valence-corrected chi connectivity index (χ2v) is 6.74. The lowest BCUT2D eigenvalue weighted by molar-refractivity contribution is 0.238. The molecule has 0 radical (unpaired) electrons. The number of fused-ring (bicyclic) bond motifs is 1. The molecule has 4 nitrogen and oxygen atoms in total. The zero-order valence-corrected chi connectivity index (χ0v) is 13.9. The van der Waals surface area contributed by atoms with Crippen molar-refractivity contribution in [2.75, 3.05) is 26.2 Å². The van der Waals surface area contributed by atoms with Crippen LogP contribution >= 0.6 is 0 Å². The van der Waals surface area contributed by atoms with Gasteiger partial charge in [-0.15, -0.1) is 0 Å². The van der Waals surface area contributed by atoms with Gasteiger partial charge in [0.15, 0.2) is 0 Å². The summed E-state index contributed by atoms with van der Waals surface area (Å²) in [6.45, 7) is 10.7. The first-order valence-corrected chi connectivity index (χ1v) is 8.44. The Bertz CT molecular complexity index is 541. The van der Waals surface area contributed by atoms with Crippen LogP contribution in [0.15, 0.2) is 29.4 Å². The third-order valence-corrected chi connectivity index (χ3v) is 4.56. The van der Waals surface area contributed by atoms with Crippen molar-refractivity contribution in [1.29, 1.82) is 0 Å². The summed E-state index contributed by atoms with van der Waals surface area (Å²) in [6.07, 6.45) is 1.09. The van der Waals surface area contributed by atoms with Gasteiger partial charge in [-0.1, -0.05) is 32.9 Å². The number of nitrogens with one attached hydrogen (secondary N) is 1. The topological polar surface area (TPSA) is 36.9 Å². The third kappa shape index (κ3) is 3.27. The SMILES string of the molecule is CCN1CCC2=NNC(c3cccc(OCC(C)C)c3)C2C1. The molecule has 2 aliphatic heterocycles. The molecule has 2 unspecified atom stereocenters. The molecule has 0 aliphatic carbocycles. The summed E-state index contributed by atoms with van der Waals surface area (Å²) in [7, 11) is 0. The van der Waals surface area contributed by atoms with Crippen molar-refractivity contribution in [2.45, 2.75) is 33.2 Å². The normalized spacial score (nSPS) is 24.8. The van der Waals surface area contributed by atoms with Crippen LogP contribution in [0, 0.1) is 11.8 Å². The fourth-order valence-electron chi connectivity index (χ4n) is 3.27. The summed E-state index contributed by atoms with van der Waals surface area (Å²) < 4.78 is 5.87. The lowest BCUT2D eigenvalue weighted by Gasteiger charge is -2.32. The van der Waals surface area contributed by atoms with E-state index < -0.39 is 0 Å². The Morgan fingerprint density at radius 1 is 1.41 bits per heavy atom. The van der Waals surface area contributed by atoms with E-state index in [1.807, 2.05) is 6.07 Å². The number of nitrogens with zero attached hydrogens (tertiary/aromatic N) is 2. The van der Waals surface area contributed by atoms with Crippen molar-refractivity contribution in [3.05, 3.63) is 29.8 Å². The van der Waals surface area contributed by atoms with E-state index in [0.29, 0.717) is 11.8 Å². The fraction of sp³-hybridized carbons (Fsp3) is 0.611. The second-order valence-electron chi connectivity index (χ2n) is 6.74. The van der Waals surface area contributed by atoms with Gasteiger partial charge in [-0.25, -0.2) is 0 Å². The van der Waals surface area contributed by atoms with E-state index in [-0.39, 0.29) is 6.04 Å². The average Bonchev–Trinajstić information content (AvgIpc) is 2.96. The Balaban J connectivity index is 1.72. The van der Waals surface area contributed by atoms with Crippen LogP contribution in [0.3, 0.4) is 0 Å². The van der Waals surface area contributed by atoms with E-state index in [1.165, 1.54) is 11.3 Å². The maximum atomic E-state index is 5.87. The Morgan fingerprint density at radius 3 is 3.05 bits per heavy atom. The van der Waals surface area contributed by atoms with Gasteiger partial charge < -0.3 is 15.1 Å². The second kappa shape index (κ2) is 6.69.